The SMILES string of the molecule is C=C(c1ccccc1)N1C(=O)OC[C@@H]1C(C)C. The molecule has 1 fully saturated rings. The zero-order valence-electron chi connectivity index (χ0n) is 10.2. The van der Waals surface area contributed by atoms with Gasteiger partial charge in [-0.3, -0.25) is 4.90 Å². The number of ether oxygens (including phenoxy) is 1. The summed E-state index contributed by atoms with van der Waals surface area (Å²) < 4.78 is 5.11. The first kappa shape index (κ1) is 11.7. The molecule has 1 saturated heterocycles. The lowest BCUT2D eigenvalue weighted by Crippen LogP contribution is -2.35. The van der Waals surface area contributed by atoms with E-state index in [1.54, 1.807) is 4.90 Å². The predicted molar refractivity (Wildman–Crippen MR) is 67.3 cm³/mol. The van der Waals surface area contributed by atoms with Gasteiger partial charge in [-0.1, -0.05) is 50.8 Å². The van der Waals surface area contributed by atoms with Crippen LogP contribution < -0.4 is 0 Å². The second kappa shape index (κ2) is 4.62. The summed E-state index contributed by atoms with van der Waals surface area (Å²) in [5.74, 6) is 0.349. The maximum absolute atomic E-state index is 11.7. The summed E-state index contributed by atoms with van der Waals surface area (Å²) in [4.78, 5) is 13.4. The Morgan fingerprint density at radius 1 is 1.41 bits per heavy atom. The van der Waals surface area contributed by atoms with Crippen LogP contribution in [0.15, 0.2) is 36.9 Å². The quantitative estimate of drug-likeness (QED) is 0.799. The molecular weight excluding hydrogens is 214 g/mol. The molecule has 1 aromatic rings. The van der Waals surface area contributed by atoms with Crippen LogP contribution >= 0.6 is 0 Å². The van der Waals surface area contributed by atoms with Crippen LogP contribution in [-0.4, -0.2) is 23.6 Å². The first-order chi connectivity index (χ1) is 8.11. The maximum Gasteiger partial charge on any atom is 0.414 e. The number of carbonyl (C=O) groups is 1. The van der Waals surface area contributed by atoms with Gasteiger partial charge in [-0.2, -0.15) is 0 Å². The standard InChI is InChI=1S/C14H17NO2/c1-10(2)13-9-17-14(16)15(13)11(3)12-7-5-4-6-8-12/h4-8,10,13H,3,9H2,1-2H3/t13-/m1/s1. The van der Waals surface area contributed by atoms with E-state index < -0.39 is 0 Å². The first-order valence-corrected chi connectivity index (χ1v) is 5.81. The van der Waals surface area contributed by atoms with Crippen LogP contribution in [0.25, 0.3) is 5.70 Å². The fourth-order valence-electron chi connectivity index (χ4n) is 2.01. The van der Waals surface area contributed by atoms with Crippen molar-refractivity contribution in [1.29, 1.82) is 0 Å². The smallest absolute Gasteiger partial charge is 0.414 e. The number of nitrogens with zero attached hydrogens (tertiary/aromatic N) is 1. The molecule has 3 nitrogen and oxygen atoms in total. The highest BCUT2D eigenvalue weighted by molar-refractivity contribution is 5.83. The molecule has 1 heterocycles. The van der Waals surface area contributed by atoms with Gasteiger partial charge >= 0.3 is 6.09 Å². The van der Waals surface area contributed by atoms with Gasteiger partial charge in [0, 0.05) is 5.70 Å². The molecule has 1 aromatic carbocycles. The summed E-state index contributed by atoms with van der Waals surface area (Å²) in [6.07, 6.45) is -0.294. The number of amides is 1. The third kappa shape index (κ3) is 2.18. The van der Waals surface area contributed by atoms with Gasteiger partial charge in [0.25, 0.3) is 0 Å². The fourth-order valence-corrected chi connectivity index (χ4v) is 2.01. The summed E-state index contributed by atoms with van der Waals surface area (Å²) in [5, 5.41) is 0. The molecular formula is C14H17NO2. The summed E-state index contributed by atoms with van der Waals surface area (Å²) in [7, 11) is 0. The van der Waals surface area contributed by atoms with Crippen molar-refractivity contribution >= 4 is 11.8 Å². The van der Waals surface area contributed by atoms with Crippen LogP contribution in [0.5, 0.6) is 0 Å². The molecule has 0 aromatic heterocycles. The number of carbonyl (C=O) groups excluding carboxylic acids is 1. The van der Waals surface area contributed by atoms with Gasteiger partial charge in [0.05, 0.1) is 6.04 Å². The lowest BCUT2D eigenvalue weighted by atomic mass is 10.0. The average Bonchev–Trinajstić information content (AvgIpc) is 2.71. The van der Waals surface area contributed by atoms with E-state index in [9.17, 15) is 4.79 Å². The van der Waals surface area contributed by atoms with Gasteiger partial charge in [0.15, 0.2) is 0 Å². The maximum atomic E-state index is 11.7. The minimum atomic E-state index is -0.294. The van der Waals surface area contributed by atoms with E-state index in [2.05, 4.69) is 20.4 Å². The third-order valence-corrected chi connectivity index (χ3v) is 3.07. The molecule has 1 aliphatic heterocycles. The topological polar surface area (TPSA) is 29.5 Å². The Labute approximate surface area is 102 Å². The molecule has 90 valence electrons. The Morgan fingerprint density at radius 3 is 2.65 bits per heavy atom. The zero-order valence-corrected chi connectivity index (χ0v) is 10.2. The molecule has 3 heteroatoms. The minimum absolute atomic E-state index is 0.0789. The molecule has 0 saturated carbocycles. The lowest BCUT2D eigenvalue weighted by Gasteiger charge is -2.26. The van der Waals surface area contributed by atoms with Gasteiger partial charge in [-0.15, -0.1) is 0 Å². The molecule has 1 aliphatic rings. The van der Waals surface area contributed by atoms with Crippen molar-refractivity contribution in [2.75, 3.05) is 6.61 Å². The van der Waals surface area contributed by atoms with Gasteiger partial charge in [0.2, 0.25) is 0 Å². The summed E-state index contributed by atoms with van der Waals surface area (Å²) in [5.41, 5.74) is 1.67. The van der Waals surface area contributed by atoms with E-state index in [1.165, 1.54) is 0 Å². The Bertz CT molecular complexity index is 425. The van der Waals surface area contributed by atoms with E-state index in [4.69, 9.17) is 4.74 Å². The minimum Gasteiger partial charge on any atom is -0.447 e. The highest BCUT2D eigenvalue weighted by atomic mass is 16.6. The van der Waals surface area contributed by atoms with E-state index in [-0.39, 0.29) is 12.1 Å². The number of hydrogen-bond acceptors (Lipinski definition) is 2. The average molecular weight is 231 g/mol. The summed E-state index contributed by atoms with van der Waals surface area (Å²) in [6, 6.07) is 9.80. The number of cyclic esters (lactones) is 1. The van der Waals surface area contributed by atoms with E-state index >= 15 is 0 Å². The van der Waals surface area contributed by atoms with Crippen molar-refractivity contribution in [3.63, 3.8) is 0 Å². The summed E-state index contributed by atoms with van der Waals surface area (Å²) in [6.45, 7) is 8.62. The van der Waals surface area contributed by atoms with Gasteiger partial charge in [-0.05, 0) is 11.5 Å². The van der Waals surface area contributed by atoms with Crippen LogP contribution in [-0.2, 0) is 4.74 Å². The molecule has 2 rings (SSSR count). The Hall–Kier alpha value is -1.77. The number of hydrogen-bond donors (Lipinski definition) is 0. The highest BCUT2D eigenvalue weighted by Crippen LogP contribution is 2.28. The monoisotopic (exact) mass is 231 g/mol. The molecule has 0 radical (unpaired) electrons. The second-order valence-electron chi connectivity index (χ2n) is 4.57. The van der Waals surface area contributed by atoms with Crippen molar-refractivity contribution < 1.29 is 9.53 Å². The van der Waals surface area contributed by atoms with E-state index in [0.29, 0.717) is 18.2 Å². The van der Waals surface area contributed by atoms with Crippen molar-refractivity contribution in [1.82, 2.24) is 4.90 Å². The van der Waals surface area contributed by atoms with Crippen LogP contribution in [0.2, 0.25) is 0 Å². The van der Waals surface area contributed by atoms with Crippen LogP contribution in [0.1, 0.15) is 19.4 Å². The predicted octanol–water partition coefficient (Wildman–Crippen LogP) is 3.13. The van der Waals surface area contributed by atoms with Gasteiger partial charge in [-0.25, -0.2) is 4.79 Å². The van der Waals surface area contributed by atoms with E-state index in [1.807, 2.05) is 30.3 Å². The van der Waals surface area contributed by atoms with Crippen LogP contribution in [0.4, 0.5) is 4.79 Å². The molecule has 0 N–H and O–H groups in total. The zero-order chi connectivity index (χ0) is 12.4. The number of rotatable bonds is 3. The van der Waals surface area contributed by atoms with Crippen molar-refractivity contribution in [2.45, 2.75) is 19.9 Å². The van der Waals surface area contributed by atoms with Crippen LogP contribution in [0, 0.1) is 5.92 Å². The fraction of sp³-hybridized carbons (Fsp3) is 0.357. The molecule has 1 atom stereocenters. The Kier molecular flexibility index (Phi) is 3.18. The highest BCUT2D eigenvalue weighted by Gasteiger charge is 2.36. The molecule has 0 spiro atoms. The van der Waals surface area contributed by atoms with Crippen molar-refractivity contribution in [2.24, 2.45) is 5.92 Å². The third-order valence-electron chi connectivity index (χ3n) is 3.07. The molecule has 0 unspecified atom stereocenters. The lowest BCUT2D eigenvalue weighted by molar-refractivity contribution is 0.167. The van der Waals surface area contributed by atoms with Crippen molar-refractivity contribution in [3.05, 3.63) is 42.5 Å². The van der Waals surface area contributed by atoms with Crippen molar-refractivity contribution in [3.8, 4) is 0 Å². The second-order valence-corrected chi connectivity index (χ2v) is 4.57. The molecule has 17 heavy (non-hydrogen) atoms. The first-order valence-electron chi connectivity index (χ1n) is 5.81. The van der Waals surface area contributed by atoms with Gasteiger partial charge < -0.3 is 4.74 Å². The van der Waals surface area contributed by atoms with E-state index in [0.717, 1.165) is 5.56 Å². The largest absolute Gasteiger partial charge is 0.447 e. The number of benzene rings is 1. The molecule has 0 aliphatic carbocycles. The van der Waals surface area contributed by atoms with Gasteiger partial charge in [0.1, 0.15) is 6.61 Å². The summed E-state index contributed by atoms with van der Waals surface area (Å²) >= 11 is 0. The van der Waals surface area contributed by atoms with Crippen LogP contribution in [0.3, 0.4) is 0 Å². The molecule has 0 bridgehead atoms. The normalized spacial score (nSPS) is 19.6. The molecule has 1 amide bonds. The Morgan fingerprint density at radius 2 is 2.06 bits per heavy atom. The Balaban J connectivity index is 2.26.